The normalized spacial score (nSPS) is 15.2. The number of hydrogen-bond acceptors (Lipinski definition) is 3. The highest BCUT2D eigenvalue weighted by Crippen LogP contribution is 2.31. The van der Waals surface area contributed by atoms with Crippen molar-refractivity contribution in [1.29, 1.82) is 0 Å². The molecule has 0 radical (unpaired) electrons. The van der Waals surface area contributed by atoms with Crippen molar-refractivity contribution in [3.63, 3.8) is 0 Å². The van der Waals surface area contributed by atoms with E-state index in [0.717, 1.165) is 42.4 Å². The highest BCUT2D eigenvalue weighted by Gasteiger charge is 2.29. The van der Waals surface area contributed by atoms with Gasteiger partial charge in [0, 0.05) is 12.6 Å². The van der Waals surface area contributed by atoms with Gasteiger partial charge in [-0.05, 0) is 49.3 Å². The number of carbonyl (C=O) groups is 2. The van der Waals surface area contributed by atoms with E-state index in [0.29, 0.717) is 12.3 Å². The molecule has 0 aromatic heterocycles. The molecule has 2 amide bonds. The highest BCUT2D eigenvalue weighted by molar-refractivity contribution is 5.88. The van der Waals surface area contributed by atoms with Crippen molar-refractivity contribution in [2.24, 2.45) is 0 Å². The highest BCUT2D eigenvalue weighted by atomic mass is 16.5. The molecule has 1 fully saturated rings. The lowest BCUT2D eigenvalue weighted by Gasteiger charge is -2.30. The third-order valence-corrected chi connectivity index (χ3v) is 6.39. The average Bonchev–Trinajstić information content (AvgIpc) is 3.29. The Morgan fingerprint density at radius 1 is 1.06 bits per heavy atom. The topological polar surface area (TPSA) is 58.6 Å². The maximum atomic E-state index is 13.4. The van der Waals surface area contributed by atoms with E-state index >= 15 is 0 Å². The summed E-state index contributed by atoms with van der Waals surface area (Å²) >= 11 is 0. The van der Waals surface area contributed by atoms with Crippen molar-refractivity contribution in [3.05, 3.63) is 65.2 Å². The monoisotopic (exact) mass is 450 g/mol. The summed E-state index contributed by atoms with van der Waals surface area (Å²) in [6, 6.07) is 15.5. The van der Waals surface area contributed by atoms with E-state index in [1.807, 2.05) is 55.5 Å². The van der Waals surface area contributed by atoms with Crippen LogP contribution in [0.5, 0.6) is 5.75 Å². The van der Waals surface area contributed by atoms with Crippen molar-refractivity contribution in [2.45, 2.75) is 84.3 Å². The van der Waals surface area contributed by atoms with Crippen LogP contribution in [0.1, 0.15) is 70.1 Å². The van der Waals surface area contributed by atoms with Crippen LogP contribution in [0, 0.1) is 6.92 Å². The molecule has 1 N–H and O–H groups in total. The zero-order chi connectivity index (χ0) is 24.0. The Labute approximate surface area is 198 Å². The van der Waals surface area contributed by atoms with E-state index in [4.69, 9.17) is 4.74 Å². The number of hydrogen-bond donors (Lipinski definition) is 1. The zero-order valence-electron chi connectivity index (χ0n) is 20.7. The van der Waals surface area contributed by atoms with Gasteiger partial charge in [-0.1, -0.05) is 81.6 Å². The molecule has 0 saturated heterocycles. The fraction of sp³-hybridized carbons (Fsp3) is 0.500. The molecule has 1 aliphatic rings. The van der Waals surface area contributed by atoms with Crippen LogP contribution < -0.4 is 10.1 Å². The van der Waals surface area contributed by atoms with Crippen LogP contribution in [0.25, 0.3) is 0 Å². The van der Waals surface area contributed by atoms with E-state index in [9.17, 15) is 9.59 Å². The van der Waals surface area contributed by atoms with E-state index in [-0.39, 0.29) is 29.9 Å². The summed E-state index contributed by atoms with van der Waals surface area (Å²) in [6.07, 6.45) is 4.31. The summed E-state index contributed by atoms with van der Waals surface area (Å²) in [5.74, 6) is 0.405. The molecule has 1 aliphatic carbocycles. The summed E-state index contributed by atoms with van der Waals surface area (Å²) in [6.45, 7) is 10.5. The van der Waals surface area contributed by atoms with Crippen LogP contribution >= 0.6 is 0 Å². The molecule has 2 aromatic rings. The molecule has 0 unspecified atom stereocenters. The summed E-state index contributed by atoms with van der Waals surface area (Å²) in [4.78, 5) is 28.0. The molecule has 5 heteroatoms. The van der Waals surface area contributed by atoms with Crippen LogP contribution in [0.15, 0.2) is 48.5 Å². The van der Waals surface area contributed by atoms with Crippen LogP contribution in [0.2, 0.25) is 0 Å². The fourth-order valence-electron chi connectivity index (χ4n) is 4.30. The summed E-state index contributed by atoms with van der Waals surface area (Å²) in [5.41, 5.74) is 3.10. The second-order valence-corrected chi connectivity index (χ2v) is 10.2. The first-order valence-electron chi connectivity index (χ1n) is 12.0. The van der Waals surface area contributed by atoms with Gasteiger partial charge in [-0.25, -0.2) is 0 Å². The molecule has 0 bridgehead atoms. The number of aryl methyl sites for hydroxylation is 1. The Morgan fingerprint density at radius 3 is 2.33 bits per heavy atom. The third-order valence-electron chi connectivity index (χ3n) is 6.39. The molecule has 1 saturated carbocycles. The van der Waals surface area contributed by atoms with E-state index in [1.165, 1.54) is 0 Å². The first-order chi connectivity index (χ1) is 15.6. The number of nitrogens with one attached hydrogen (secondary N) is 1. The number of nitrogens with zero attached hydrogens (tertiary/aromatic N) is 1. The predicted molar refractivity (Wildman–Crippen MR) is 132 cm³/mol. The van der Waals surface area contributed by atoms with Gasteiger partial charge in [0.1, 0.15) is 11.8 Å². The zero-order valence-corrected chi connectivity index (χ0v) is 20.7. The maximum Gasteiger partial charge on any atom is 0.261 e. The van der Waals surface area contributed by atoms with Gasteiger partial charge in [-0.2, -0.15) is 0 Å². The minimum Gasteiger partial charge on any atom is -0.483 e. The number of para-hydroxylation sites is 1. The smallest absolute Gasteiger partial charge is 0.261 e. The molecule has 2 aromatic carbocycles. The second kappa shape index (κ2) is 10.9. The third kappa shape index (κ3) is 6.83. The van der Waals surface area contributed by atoms with Crippen LogP contribution in [0.4, 0.5) is 0 Å². The lowest BCUT2D eigenvalue weighted by Crippen LogP contribution is -2.50. The molecular formula is C28H38N2O3. The van der Waals surface area contributed by atoms with E-state index in [1.54, 1.807) is 11.8 Å². The van der Waals surface area contributed by atoms with E-state index < -0.39 is 6.04 Å². The van der Waals surface area contributed by atoms with Crippen molar-refractivity contribution in [3.8, 4) is 5.75 Å². The standard InChI is InChI=1S/C28H38N2O3/c1-20-14-16-22(17-15-20)18-30(21(2)27(32)29-23-10-6-7-11-23)26(31)19-33-25-13-9-8-12-24(25)28(3,4)5/h8-9,12-17,21,23H,6-7,10-11,18-19H2,1-5H3,(H,29,32)/t21-/m1/s1. The van der Waals surface area contributed by atoms with Crippen molar-refractivity contribution in [2.75, 3.05) is 6.61 Å². The van der Waals surface area contributed by atoms with Crippen LogP contribution in [0.3, 0.4) is 0 Å². The van der Waals surface area contributed by atoms with Gasteiger partial charge in [-0.15, -0.1) is 0 Å². The molecule has 0 aliphatic heterocycles. The van der Waals surface area contributed by atoms with Gasteiger partial charge in [-0.3, -0.25) is 9.59 Å². The van der Waals surface area contributed by atoms with Crippen molar-refractivity contribution in [1.82, 2.24) is 10.2 Å². The summed E-state index contributed by atoms with van der Waals surface area (Å²) in [5, 5.41) is 3.14. The Hall–Kier alpha value is -2.82. The van der Waals surface area contributed by atoms with E-state index in [2.05, 4.69) is 26.1 Å². The molecular weight excluding hydrogens is 412 g/mol. The number of carbonyl (C=O) groups excluding carboxylic acids is 2. The van der Waals surface area contributed by atoms with Crippen LogP contribution in [-0.2, 0) is 21.5 Å². The molecule has 0 spiro atoms. The quantitative estimate of drug-likeness (QED) is 0.605. The number of benzene rings is 2. The second-order valence-electron chi connectivity index (χ2n) is 10.2. The Morgan fingerprint density at radius 2 is 1.70 bits per heavy atom. The fourth-order valence-corrected chi connectivity index (χ4v) is 4.30. The molecule has 178 valence electrons. The minimum absolute atomic E-state index is 0.0996. The molecule has 3 rings (SSSR count). The Balaban J connectivity index is 1.75. The van der Waals surface area contributed by atoms with Crippen molar-refractivity contribution >= 4 is 11.8 Å². The van der Waals surface area contributed by atoms with Gasteiger partial charge in [0.2, 0.25) is 5.91 Å². The minimum atomic E-state index is -0.583. The van der Waals surface area contributed by atoms with Gasteiger partial charge in [0.25, 0.3) is 5.91 Å². The number of ether oxygens (including phenoxy) is 1. The van der Waals surface area contributed by atoms with Crippen molar-refractivity contribution < 1.29 is 14.3 Å². The largest absolute Gasteiger partial charge is 0.483 e. The molecule has 1 atom stereocenters. The number of rotatable bonds is 8. The molecule has 0 heterocycles. The van der Waals surface area contributed by atoms with Gasteiger partial charge in [0.15, 0.2) is 6.61 Å². The Kier molecular flexibility index (Phi) is 8.17. The Bertz CT molecular complexity index is 940. The van der Waals surface area contributed by atoms with Gasteiger partial charge >= 0.3 is 0 Å². The predicted octanol–water partition coefficient (Wildman–Crippen LogP) is 5.15. The van der Waals surface area contributed by atoms with Gasteiger partial charge < -0.3 is 15.0 Å². The van der Waals surface area contributed by atoms with Gasteiger partial charge in [0.05, 0.1) is 0 Å². The summed E-state index contributed by atoms with van der Waals surface area (Å²) < 4.78 is 6.00. The lowest BCUT2D eigenvalue weighted by molar-refractivity contribution is -0.142. The molecule has 5 nitrogen and oxygen atoms in total. The first kappa shape index (κ1) is 24.8. The number of amides is 2. The molecule has 33 heavy (non-hydrogen) atoms. The first-order valence-corrected chi connectivity index (χ1v) is 12.0. The average molecular weight is 451 g/mol. The maximum absolute atomic E-state index is 13.4. The van der Waals surface area contributed by atoms with Crippen LogP contribution in [-0.4, -0.2) is 35.4 Å². The lowest BCUT2D eigenvalue weighted by atomic mass is 9.86. The summed E-state index contributed by atoms with van der Waals surface area (Å²) in [7, 11) is 0. The SMILES string of the molecule is Cc1ccc(CN(C(=O)COc2ccccc2C(C)(C)C)[C@H](C)C(=O)NC2CCCC2)cc1.